The fraction of sp³-hybridized carbons (Fsp3) is 0.538. The van der Waals surface area contributed by atoms with E-state index in [0.717, 1.165) is 17.9 Å². The van der Waals surface area contributed by atoms with Gasteiger partial charge in [-0.2, -0.15) is 4.98 Å². The van der Waals surface area contributed by atoms with E-state index in [9.17, 15) is 0 Å². The van der Waals surface area contributed by atoms with Gasteiger partial charge < -0.3 is 14.6 Å². The number of hydrogen-bond acceptors (Lipinski definition) is 6. The van der Waals surface area contributed by atoms with Crippen molar-refractivity contribution in [2.75, 3.05) is 11.9 Å². The summed E-state index contributed by atoms with van der Waals surface area (Å²) >= 11 is 0. The standard InChI is InChI=1S/C13H20N6O/c1-9(2)20-12-7-10(3)16-13(17-12)14-6-5-11-18-15-8-19(11)4/h7-9H,5-6H2,1-4H3,(H,14,16,17). The molecule has 0 radical (unpaired) electrons. The third kappa shape index (κ3) is 3.91. The lowest BCUT2D eigenvalue weighted by Gasteiger charge is -2.11. The summed E-state index contributed by atoms with van der Waals surface area (Å²) in [5.41, 5.74) is 0.872. The van der Waals surface area contributed by atoms with Gasteiger partial charge >= 0.3 is 0 Å². The van der Waals surface area contributed by atoms with Crippen LogP contribution in [0.2, 0.25) is 0 Å². The number of aromatic nitrogens is 5. The van der Waals surface area contributed by atoms with Gasteiger partial charge in [-0.3, -0.25) is 0 Å². The Bertz CT molecular complexity index is 566. The first-order chi connectivity index (χ1) is 9.54. The summed E-state index contributed by atoms with van der Waals surface area (Å²) in [5.74, 6) is 2.08. The quantitative estimate of drug-likeness (QED) is 0.858. The highest BCUT2D eigenvalue weighted by molar-refractivity contribution is 5.30. The Morgan fingerprint density at radius 2 is 2.15 bits per heavy atom. The molecule has 2 heterocycles. The van der Waals surface area contributed by atoms with Crippen molar-refractivity contribution in [1.29, 1.82) is 0 Å². The maximum atomic E-state index is 5.59. The highest BCUT2D eigenvalue weighted by Crippen LogP contribution is 2.13. The molecule has 108 valence electrons. The van der Waals surface area contributed by atoms with E-state index in [2.05, 4.69) is 25.5 Å². The van der Waals surface area contributed by atoms with Crippen molar-refractivity contribution < 1.29 is 4.74 Å². The van der Waals surface area contributed by atoms with Crippen molar-refractivity contribution in [3.05, 3.63) is 23.9 Å². The molecule has 0 atom stereocenters. The van der Waals surface area contributed by atoms with Crippen LogP contribution in [-0.4, -0.2) is 37.4 Å². The molecule has 0 unspecified atom stereocenters. The fourth-order valence-corrected chi connectivity index (χ4v) is 1.74. The van der Waals surface area contributed by atoms with Crippen molar-refractivity contribution in [2.45, 2.75) is 33.3 Å². The largest absolute Gasteiger partial charge is 0.475 e. The summed E-state index contributed by atoms with van der Waals surface area (Å²) in [4.78, 5) is 8.67. The molecule has 0 saturated carbocycles. The Hall–Kier alpha value is -2.18. The number of rotatable bonds is 6. The van der Waals surface area contributed by atoms with Gasteiger partial charge in [0, 0.05) is 31.8 Å². The molecule has 20 heavy (non-hydrogen) atoms. The first kappa shape index (κ1) is 14.2. The van der Waals surface area contributed by atoms with Crippen molar-refractivity contribution >= 4 is 5.95 Å². The second-order valence-corrected chi connectivity index (χ2v) is 4.87. The third-order valence-electron chi connectivity index (χ3n) is 2.62. The molecule has 7 heteroatoms. The van der Waals surface area contributed by atoms with Crippen molar-refractivity contribution in [1.82, 2.24) is 24.7 Å². The van der Waals surface area contributed by atoms with Crippen LogP contribution in [0.25, 0.3) is 0 Å². The Labute approximate surface area is 118 Å². The highest BCUT2D eigenvalue weighted by atomic mass is 16.5. The van der Waals surface area contributed by atoms with Gasteiger partial charge in [0.05, 0.1) is 6.10 Å². The lowest BCUT2D eigenvalue weighted by molar-refractivity contribution is 0.232. The molecule has 0 amide bonds. The van der Waals surface area contributed by atoms with Crippen LogP contribution in [0.3, 0.4) is 0 Å². The average Bonchev–Trinajstić information content (AvgIpc) is 2.73. The second-order valence-electron chi connectivity index (χ2n) is 4.87. The highest BCUT2D eigenvalue weighted by Gasteiger charge is 2.06. The summed E-state index contributed by atoms with van der Waals surface area (Å²) in [7, 11) is 1.92. The molecule has 2 aromatic heterocycles. The van der Waals surface area contributed by atoms with Gasteiger partial charge in [-0.1, -0.05) is 0 Å². The molecule has 0 spiro atoms. The summed E-state index contributed by atoms with van der Waals surface area (Å²) in [6.45, 7) is 6.55. The average molecular weight is 276 g/mol. The van der Waals surface area contributed by atoms with Gasteiger partial charge in [0.1, 0.15) is 12.2 Å². The molecule has 1 N–H and O–H groups in total. The van der Waals surface area contributed by atoms with Gasteiger partial charge in [0.2, 0.25) is 11.8 Å². The third-order valence-corrected chi connectivity index (χ3v) is 2.62. The zero-order valence-electron chi connectivity index (χ0n) is 12.3. The molecular formula is C13H20N6O. The van der Waals surface area contributed by atoms with Gasteiger partial charge in [0.25, 0.3) is 0 Å². The summed E-state index contributed by atoms with van der Waals surface area (Å²) in [5, 5.41) is 11.1. The molecule has 0 saturated heterocycles. The first-order valence-electron chi connectivity index (χ1n) is 6.63. The van der Waals surface area contributed by atoms with Crippen molar-refractivity contribution in [2.24, 2.45) is 7.05 Å². The SMILES string of the molecule is Cc1cc(OC(C)C)nc(NCCc2nncn2C)n1. The Balaban J connectivity index is 1.95. The number of aryl methyl sites for hydroxylation is 2. The molecule has 0 aliphatic rings. The smallest absolute Gasteiger partial charge is 0.226 e. The number of ether oxygens (including phenoxy) is 1. The lowest BCUT2D eigenvalue weighted by atomic mass is 10.4. The topological polar surface area (TPSA) is 77.8 Å². The van der Waals surface area contributed by atoms with E-state index < -0.39 is 0 Å². The van der Waals surface area contributed by atoms with E-state index >= 15 is 0 Å². The van der Waals surface area contributed by atoms with Crippen LogP contribution in [-0.2, 0) is 13.5 Å². The summed E-state index contributed by atoms with van der Waals surface area (Å²) in [6, 6.07) is 1.83. The van der Waals surface area contributed by atoms with Crippen LogP contribution in [0.1, 0.15) is 25.4 Å². The molecule has 0 aliphatic heterocycles. The monoisotopic (exact) mass is 276 g/mol. The Morgan fingerprint density at radius 1 is 1.35 bits per heavy atom. The van der Waals surface area contributed by atoms with Gasteiger partial charge in [-0.15, -0.1) is 10.2 Å². The van der Waals surface area contributed by atoms with Crippen LogP contribution in [0.5, 0.6) is 5.88 Å². The molecule has 0 bridgehead atoms. The minimum absolute atomic E-state index is 0.0933. The number of nitrogens with one attached hydrogen (secondary N) is 1. The van der Waals surface area contributed by atoms with Crippen LogP contribution < -0.4 is 10.1 Å². The molecule has 0 fully saturated rings. The normalized spacial score (nSPS) is 10.8. The summed E-state index contributed by atoms with van der Waals surface area (Å²) in [6.07, 6.45) is 2.54. The van der Waals surface area contributed by atoms with E-state index in [0.29, 0.717) is 18.4 Å². The molecule has 2 rings (SSSR count). The van der Waals surface area contributed by atoms with E-state index in [1.807, 2.05) is 38.5 Å². The molecule has 0 aliphatic carbocycles. The second kappa shape index (κ2) is 6.31. The predicted octanol–water partition coefficient (Wildman–Crippen LogP) is 1.36. The molecule has 2 aromatic rings. The minimum Gasteiger partial charge on any atom is -0.475 e. The van der Waals surface area contributed by atoms with Crippen LogP contribution in [0.15, 0.2) is 12.4 Å². The van der Waals surface area contributed by atoms with Gasteiger partial charge in [-0.25, -0.2) is 4.98 Å². The molecular weight excluding hydrogens is 256 g/mol. The fourth-order valence-electron chi connectivity index (χ4n) is 1.74. The van der Waals surface area contributed by atoms with Gasteiger partial charge in [-0.05, 0) is 20.8 Å². The van der Waals surface area contributed by atoms with Gasteiger partial charge in [0.15, 0.2) is 0 Å². The summed E-state index contributed by atoms with van der Waals surface area (Å²) < 4.78 is 7.48. The predicted molar refractivity (Wildman–Crippen MR) is 75.7 cm³/mol. The van der Waals surface area contributed by atoms with E-state index in [-0.39, 0.29) is 6.10 Å². The molecule has 0 aromatic carbocycles. The number of hydrogen-bond donors (Lipinski definition) is 1. The van der Waals surface area contributed by atoms with Crippen molar-refractivity contribution in [3.8, 4) is 5.88 Å². The first-order valence-corrected chi connectivity index (χ1v) is 6.63. The van der Waals surface area contributed by atoms with Crippen molar-refractivity contribution in [3.63, 3.8) is 0 Å². The zero-order chi connectivity index (χ0) is 14.5. The van der Waals surface area contributed by atoms with E-state index in [4.69, 9.17) is 4.74 Å². The van der Waals surface area contributed by atoms with Crippen LogP contribution in [0.4, 0.5) is 5.95 Å². The number of anilines is 1. The molecule has 7 nitrogen and oxygen atoms in total. The lowest BCUT2D eigenvalue weighted by Crippen LogP contribution is -2.13. The number of nitrogens with zero attached hydrogens (tertiary/aromatic N) is 5. The van der Waals surface area contributed by atoms with Crippen LogP contribution >= 0.6 is 0 Å². The van der Waals surface area contributed by atoms with E-state index in [1.54, 1.807) is 6.33 Å². The Morgan fingerprint density at radius 3 is 2.80 bits per heavy atom. The zero-order valence-corrected chi connectivity index (χ0v) is 12.3. The Kier molecular flexibility index (Phi) is 4.49. The van der Waals surface area contributed by atoms with E-state index in [1.165, 1.54) is 0 Å². The maximum Gasteiger partial charge on any atom is 0.226 e. The minimum atomic E-state index is 0.0933. The van der Waals surface area contributed by atoms with Crippen LogP contribution in [0, 0.1) is 6.92 Å². The maximum absolute atomic E-state index is 5.59.